The van der Waals surface area contributed by atoms with E-state index in [1.165, 1.54) is 12.0 Å². The zero-order valence-electron chi connectivity index (χ0n) is 16.9. The van der Waals surface area contributed by atoms with Gasteiger partial charge in [-0.3, -0.25) is 9.69 Å². The van der Waals surface area contributed by atoms with Crippen LogP contribution >= 0.6 is 0 Å². The van der Waals surface area contributed by atoms with Crippen molar-refractivity contribution in [2.75, 3.05) is 7.11 Å². The molecule has 1 saturated heterocycles. The van der Waals surface area contributed by atoms with Crippen molar-refractivity contribution in [2.45, 2.75) is 51.6 Å². The fraction of sp³-hybridized carbons (Fsp3) is 0.455. The Hall–Kier alpha value is -2.96. The minimum Gasteiger partial charge on any atom is -0.465 e. The van der Waals surface area contributed by atoms with Crippen LogP contribution < -0.4 is 5.32 Å². The third kappa shape index (κ3) is 3.14. The summed E-state index contributed by atoms with van der Waals surface area (Å²) in [6.07, 6.45) is 3.09. The lowest BCUT2D eigenvalue weighted by molar-refractivity contribution is -0.133. The van der Waals surface area contributed by atoms with Gasteiger partial charge in [0, 0.05) is 5.39 Å². The third-order valence-corrected chi connectivity index (χ3v) is 6.30. The third-order valence-electron chi connectivity index (χ3n) is 6.30. The summed E-state index contributed by atoms with van der Waals surface area (Å²) in [5, 5.41) is 3.76. The maximum absolute atomic E-state index is 13.2. The van der Waals surface area contributed by atoms with Gasteiger partial charge in [-0.05, 0) is 50.2 Å². The number of rotatable bonds is 3. The van der Waals surface area contributed by atoms with E-state index in [2.05, 4.69) is 17.2 Å². The number of fused-ring (bicyclic) bond motifs is 1. The fourth-order valence-corrected chi connectivity index (χ4v) is 4.49. The molecule has 1 N–H and O–H groups in total. The van der Waals surface area contributed by atoms with E-state index < -0.39 is 17.5 Å². The number of carbonyl (C=O) groups excluding carboxylic acids is 3. The number of para-hydroxylation sites is 1. The summed E-state index contributed by atoms with van der Waals surface area (Å²) in [7, 11) is 1.31. The van der Waals surface area contributed by atoms with Gasteiger partial charge < -0.3 is 10.1 Å². The Morgan fingerprint density at radius 3 is 2.66 bits per heavy atom. The molecular weight excluding hydrogens is 370 g/mol. The highest BCUT2D eigenvalue weighted by Crippen LogP contribution is 2.37. The number of nitrogens with zero attached hydrogens (tertiary/aromatic N) is 2. The SMILES string of the molecule is COC(=O)c1c(CN2C(=O)NC3(CCC(C)CC3)C2=O)nc2ccccc2c1C. The van der Waals surface area contributed by atoms with Gasteiger partial charge in [0.2, 0.25) is 0 Å². The Labute approximate surface area is 169 Å². The molecule has 7 nitrogen and oxygen atoms in total. The molecule has 152 valence electrons. The fourth-order valence-electron chi connectivity index (χ4n) is 4.49. The number of aryl methyl sites for hydroxylation is 1. The van der Waals surface area contributed by atoms with Crippen molar-refractivity contribution in [2.24, 2.45) is 5.92 Å². The van der Waals surface area contributed by atoms with Crippen molar-refractivity contribution in [3.05, 3.63) is 41.1 Å². The molecule has 0 radical (unpaired) electrons. The number of pyridine rings is 1. The number of ether oxygens (including phenoxy) is 1. The first kappa shape index (κ1) is 19.4. The molecule has 2 aromatic rings. The van der Waals surface area contributed by atoms with E-state index in [0.717, 1.165) is 23.8 Å². The number of methoxy groups -OCH3 is 1. The van der Waals surface area contributed by atoms with Crippen molar-refractivity contribution in [1.82, 2.24) is 15.2 Å². The molecule has 2 heterocycles. The van der Waals surface area contributed by atoms with Gasteiger partial charge in [0.1, 0.15) is 5.54 Å². The number of amides is 3. The van der Waals surface area contributed by atoms with Crippen LogP contribution in [0, 0.1) is 12.8 Å². The smallest absolute Gasteiger partial charge is 0.340 e. The average Bonchev–Trinajstić information content (AvgIpc) is 2.94. The standard InChI is InChI=1S/C22H25N3O4/c1-13-8-10-22(11-9-13)20(27)25(21(28)24-22)12-17-18(19(26)29-3)14(2)15-6-4-5-7-16(15)23-17/h4-7,13H,8-12H2,1-3H3,(H,24,28). The molecule has 2 fully saturated rings. The second kappa shape index (κ2) is 7.13. The summed E-state index contributed by atoms with van der Waals surface area (Å²) < 4.78 is 4.96. The van der Waals surface area contributed by atoms with Crippen LogP contribution in [-0.4, -0.2) is 40.4 Å². The molecular formula is C22H25N3O4. The molecule has 2 aliphatic rings. The number of benzene rings is 1. The number of nitrogens with one attached hydrogen (secondary N) is 1. The van der Waals surface area contributed by atoms with Crippen LogP contribution in [-0.2, 0) is 16.1 Å². The van der Waals surface area contributed by atoms with Gasteiger partial charge in [-0.2, -0.15) is 0 Å². The second-order valence-corrected chi connectivity index (χ2v) is 8.15. The highest BCUT2D eigenvalue weighted by molar-refractivity contribution is 6.07. The summed E-state index contributed by atoms with van der Waals surface area (Å²) in [5.41, 5.74) is 1.30. The maximum Gasteiger partial charge on any atom is 0.340 e. The van der Waals surface area contributed by atoms with Crippen LogP contribution in [0.3, 0.4) is 0 Å². The molecule has 1 spiro atoms. The molecule has 3 amide bonds. The molecule has 1 aliphatic carbocycles. The highest BCUT2D eigenvalue weighted by Gasteiger charge is 2.52. The second-order valence-electron chi connectivity index (χ2n) is 8.15. The predicted octanol–water partition coefficient (Wildman–Crippen LogP) is 3.33. The minimum atomic E-state index is -0.819. The summed E-state index contributed by atoms with van der Waals surface area (Å²) in [4.78, 5) is 44.2. The molecule has 0 atom stereocenters. The lowest BCUT2D eigenvalue weighted by atomic mass is 9.77. The van der Waals surface area contributed by atoms with Gasteiger partial charge in [0.25, 0.3) is 5.91 Å². The van der Waals surface area contributed by atoms with E-state index in [1.807, 2.05) is 31.2 Å². The van der Waals surface area contributed by atoms with E-state index in [9.17, 15) is 14.4 Å². The quantitative estimate of drug-likeness (QED) is 0.636. The summed E-state index contributed by atoms with van der Waals surface area (Å²) >= 11 is 0. The van der Waals surface area contributed by atoms with Gasteiger partial charge >= 0.3 is 12.0 Å². The van der Waals surface area contributed by atoms with Crippen LogP contribution in [0.15, 0.2) is 24.3 Å². The summed E-state index contributed by atoms with van der Waals surface area (Å²) in [5.74, 6) is -0.197. The first-order valence-corrected chi connectivity index (χ1v) is 9.97. The van der Waals surface area contributed by atoms with Crippen molar-refractivity contribution in [3.8, 4) is 0 Å². The topological polar surface area (TPSA) is 88.6 Å². The number of carbonyl (C=O) groups is 3. The molecule has 4 rings (SSSR count). The van der Waals surface area contributed by atoms with Gasteiger partial charge in [-0.1, -0.05) is 25.1 Å². The number of aromatic nitrogens is 1. The number of imide groups is 1. The molecule has 29 heavy (non-hydrogen) atoms. The monoisotopic (exact) mass is 395 g/mol. The molecule has 0 unspecified atom stereocenters. The van der Waals surface area contributed by atoms with Gasteiger partial charge in [0.05, 0.1) is 30.4 Å². The lowest BCUT2D eigenvalue weighted by Crippen LogP contribution is -2.49. The molecule has 0 bridgehead atoms. The number of esters is 1. The van der Waals surface area contributed by atoms with Crippen molar-refractivity contribution in [1.29, 1.82) is 0 Å². The summed E-state index contributed by atoms with van der Waals surface area (Å²) in [6.45, 7) is 3.93. The Morgan fingerprint density at radius 2 is 1.97 bits per heavy atom. The van der Waals surface area contributed by atoms with E-state index >= 15 is 0 Å². The normalized spacial score (nSPS) is 24.2. The average molecular weight is 395 g/mol. The number of hydrogen-bond donors (Lipinski definition) is 1. The molecule has 1 aliphatic heterocycles. The van der Waals surface area contributed by atoms with Gasteiger partial charge in [-0.25, -0.2) is 14.6 Å². The molecule has 1 saturated carbocycles. The number of hydrogen-bond acceptors (Lipinski definition) is 5. The first-order valence-electron chi connectivity index (χ1n) is 9.97. The van der Waals surface area contributed by atoms with Crippen molar-refractivity contribution in [3.63, 3.8) is 0 Å². The first-order chi connectivity index (χ1) is 13.9. The van der Waals surface area contributed by atoms with Gasteiger partial charge in [0.15, 0.2) is 0 Å². The Morgan fingerprint density at radius 1 is 1.28 bits per heavy atom. The lowest BCUT2D eigenvalue weighted by Gasteiger charge is -2.33. The maximum atomic E-state index is 13.2. The van der Waals surface area contributed by atoms with Crippen molar-refractivity contribution >= 4 is 28.8 Å². The zero-order valence-corrected chi connectivity index (χ0v) is 16.9. The van der Waals surface area contributed by atoms with Crippen LogP contribution in [0.5, 0.6) is 0 Å². The minimum absolute atomic E-state index is 0.0575. The van der Waals surface area contributed by atoms with Crippen LogP contribution in [0.2, 0.25) is 0 Å². The van der Waals surface area contributed by atoms with Crippen LogP contribution in [0.4, 0.5) is 4.79 Å². The van der Waals surface area contributed by atoms with E-state index in [0.29, 0.717) is 35.5 Å². The summed E-state index contributed by atoms with van der Waals surface area (Å²) in [6, 6.07) is 7.06. The predicted molar refractivity (Wildman–Crippen MR) is 107 cm³/mol. The Kier molecular flexibility index (Phi) is 4.76. The molecule has 7 heteroatoms. The highest BCUT2D eigenvalue weighted by atomic mass is 16.5. The van der Waals surface area contributed by atoms with Crippen LogP contribution in [0.1, 0.15) is 54.2 Å². The molecule has 1 aromatic carbocycles. The van der Waals surface area contributed by atoms with Crippen LogP contribution in [0.25, 0.3) is 10.9 Å². The molecule has 1 aromatic heterocycles. The van der Waals surface area contributed by atoms with E-state index in [1.54, 1.807) is 0 Å². The van der Waals surface area contributed by atoms with Crippen molar-refractivity contribution < 1.29 is 19.1 Å². The largest absolute Gasteiger partial charge is 0.465 e. The van der Waals surface area contributed by atoms with Gasteiger partial charge in [-0.15, -0.1) is 0 Å². The number of urea groups is 1. The van der Waals surface area contributed by atoms with E-state index in [4.69, 9.17) is 4.74 Å². The van der Waals surface area contributed by atoms with E-state index in [-0.39, 0.29) is 12.5 Å². The zero-order chi connectivity index (χ0) is 20.8. The Bertz CT molecular complexity index is 1010. The Balaban J connectivity index is 1.73.